The quantitative estimate of drug-likeness (QED) is 0.0930. The molecule has 0 radical (unpaired) electrons. The third-order valence-electron chi connectivity index (χ3n) is 11.2. The lowest BCUT2D eigenvalue weighted by Gasteiger charge is -2.46. The normalized spacial score (nSPS) is 23.1. The van der Waals surface area contributed by atoms with Gasteiger partial charge in [-0.25, -0.2) is 4.98 Å². The molecule has 1 aliphatic heterocycles. The number of halogens is 1. The van der Waals surface area contributed by atoms with E-state index >= 15 is 0 Å². The number of fused-ring (bicyclic) bond motifs is 2. The van der Waals surface area contributed by atoms with Crippen LogP contribution in [0.1, 0.15) is 64.4 Å². The second-order valence-corrected chi connectivity index (χ2v) is 15.6. The number of nitrogens with zero attached hydrogens (tertiary/aromatic N) is 4. The predicted molar refractivity (Wildman–Crippen MR) is 212 cm³/mol. The molecule has 278 valence electrons. The molecule has 2 saturated carbocycles. The van der Waals surface area contributed by atoms with Gasteiger partial charge in [-0.05, 0) is 123 Å². The van der Waals surface area contributed by atoms with E-state index in [0.29, 0.717) is 40.9 Å². The number of unbranched alkanes of at least 4 members (excludes halogenated alkanes) is 1. The Bertz CT molecular complexity index is 1660. The van der Waals surface area contributed by atoms with Gasteiger partial charge < -0.3 is 26.2 Å². The van der Waals surface area contributed by atoms with Gasteiger partial charge in [-0.2, -0.15) is 4.98 Å². The molecule has 1 unspecified atom stereocenters. The number of hydrogen-bond acceptors (Lipinski definition) is 8. The number of carbonyl (C=O) groups is 2. The number of anilines is 5. The zero-order valence-electron chi connectivity index (χ0n) is 30.8. The first-order valence-corrected chi connectivity index (χ1v) is 19.5. The number of nitrogens with one attached hydrogen (secondary N) is 4. The van der Waals surface area contributed by atoms with Crippen molar-refractivity contribution in [1.29, 1.82) is 0 Å². The van der Waals surface area contributed by atoms with E-state index in [4.69, 9.17) is 11.6 Å². The summed E-state index contributed by atoms with van der Waals surface area (Å²) in [5.74, 6) is 4.68. The maximum Gasteiger partial charge on any atom is 0.247 e. The summed E-state index contributed by atoms with van der Waals surface area (Å²) in [6.45, 7) is 14.7. The van der Waals surface area contributed by atoms with Gasteiger partial charge in [0.1, 0.15) is 5.02 Å². The molecule has 4 N–H and O–H groups in total. The fraction of sp³-hybridized carbons (Fsp3) is 0.512. The minimum Gasteiger partial charge on any atom is -0.369 e. The minimum absolute atomic E-state index is 0.258. The first-order chi connectivity index (χ1) is 25.2. The molecule has 0 spiro atoms. The Morgan fingerprint density at radius 1 is 0.981 bits per heavy atom. The maximum absolute atomic E-state index is 12.8. The van der Waals surface area contributed by atoms with Crippen LogP contribution in [0, 0.1) is 29.6 Å². The number of amides is 2. The summed E-state index contributed by atoms with van der Waals surface area (Å²) in [5.41, 5.74) is 3.73. The molecule has 6 rings (SSSR count). The lowest BCUT2D eigenvalue weighted by atomic mass is 9.59. The van der Waals surface area contributed by atoms with Gasteiger partial charge in [0.05, 0.1) is 6.20 Å². The first-order valence-electron chi connectivity index (χ1n) is 19.1. The van der Waals surface area contributed by atoms with Gasteiger partial charge in [-0.3, -0.25) is 14.5 Å². The van der Waals surface area contributed by atoms with Crippen molar-refractivity contribution in [2.75, 3.05) is 60.1 Å². The van der Waals surface area contributed by atoms with Crippen LogP contribution in [0.3, 0.4) is 0 Å². The summed E-state index contributed by atoms with van der Waals surface area (Å²) < 4.78 is 0. The smallest absolute Gasteiger partial charge is 0.247 e. The highest BCUT2D eigenvalue weighted by Gasteiger charge is 2.40. The fourth-order valence-electron chi connectivity index (χ4n) is 8.66. The molecule has 11 heteroatoms. The van der Waals surface area contributed by atoms with Crippen LogP contribution in [0.15, 0.2) is 67.4 Å². The van der Waals surface area contributed by atoms with Crippen LogP contribution in [-0.4, -0.2) is 66.0 Å². The van der Waals surface area contributed by atoms with Crippen LogP contribution in [0.5, 0.6) is 0 Å². The van der Waals surface area contributed by atoms with Gasteiger partial charge in [0.15, 0.2) is 5.82 Å². The molecule has 2 bridgehead atoms. The van der Waals surface area contributed by atoms with E-state index in [2.05, 4.69) is 73.6 Å². The highest BCUT2D eigenvalue weighted by Crippen LogP contribution is 2.49. The topological polar surface area (TPSA) is 115 Å². The average Bonchev–Trinajstić information content (AvgIpc) is 3.14. The Morgan fingerprint density at radius 2 is 1.79 bits per heavy atom. The number of aromatic nitrogens is 2. The lowest BCUT2D eigenvalue weighted by molar-refractivity contribution is -0.124. The molecule has 10 nitrogen and oxygen atoms in total. The number of carbonyl (C=O) groups excluding carboxylic acids is 2. The van der Waals surface area contributed by atoms with E-state index in [1.54, 1.807) is 6.20 Å². The van der Waals surface area contributed by atoms with Crippen molar-refractivity contribution in [3.63, 3.8) is 0 Å². The largest absolute Gasteiger partial charge is 0.369 e. The van der Waals surface area contributed by atoms with Crippen molar-refractivity contribution in [2.24, 2.45) is 29.6 Å². The fourth-order valence-corrected chi connectivity index (χ4v) is 8.81. The molecule has 2 heterocycles. The molecule has 52 heavy (non-hydrogen) atoms. The van der Waals surface area contributed by atoms with E-state index < -0.39 is 0 Å². The standard InChI is InChI=1S/C41H55ClN8O2/c1-4-38(51)46-34-9-7-8-30(24-34)26-44-40-37(42)27-45-41(48-40)47-33-10-12-35(13-11-33)50-18-16-49(17-19-50)15-6-5-14-43-39(52)25-36-29(3)22-31-20-28(2)21-32(36)23-31/h4,7-13,24,27-29,31-32,36H,1,5-6,14-23,25-26H2,2-3H3,(H,43,52)(H,46,51)(H2,44,45,47,48)/t28-,29+,31+,32+,36?/m1/s1. The molecule has 1 aromatic heterocycles. The van der Waals surface area contributed by atoms with Crippen molar-refractivity contribution >= 4 is 52.2 Å². The molecular formula is C41H55ClN8O2. The monoisotopic (exact) mass is 726 g/mol. The Balaban J connectivity index is 0.882. The van der Waals surface area contributed by atoms with E-state index in [0.717, 1.165) is 87.5 Å². The summed E-state index contributed by atoms with van der Waals surface area (Å²) in [4.78, 5) is 38.4. The zero-order valence-corrected chi connectivity index (χ0v) is 31.5. The van der Waals surface area contributed by atoms with Crippen molar-refractivity contribution in [3.05, 3.63) is 78.0 Å². The molecule has 3 aromatic rings. The van der Waals surface area contributed by atoms with E-state index in [9.17, 15) is 9.59 Å². The van der Waals surface area contributed by atoms with Crippen molar-refractivity contribution < 1.29 is 9.59 Å². The summed E-state index contributed by atoms with van der Waals surface area (Å²) in [6, 6.07) is 15.9. The molecule has 3 fully saturated rings. The molecule has 3 aliphatic rings. The molecule has 2 aliphatic carbocycles. The Labute approximate surface area is 314 Å². The summed E-state index contributed by atoms with van der Waals surface area (Å²) >= 11 is 6.40. The molecule has 1 saturated heterocycles. The summed E-state index contributed by atoms with van der Waals surface area (Å²) in [6.07, 6.45) is 11.0. The first kappa shape index (κ1) is 37.6. The summed E-state index contributed by atoms with van der Waals surface area (Å²) in [7, 11) is 0. The van der Waals surface area contributed by atoms with Gasteiger partial charge in [0, 0.05) is 62.8 Å². The van der Waals surface area contributed by atoms with E-state index in [1.165, 1.54) is 37.4 Å². The highest BCUT2D eigenvalue weighted by atomic mass is 35.5. The van der Waals surface area contributed by atoms with Crippen LogP contribution in [0.25, 0.3) is 0 Å². The van der Waals surface area contributed by atoms with Gasteiger partial charge in [-0.1, -0.05) is 44.2 Å². The minimum atomic E-state index is -0.258. The second-order valence-electron chi connectivity index (χ2n) is 15.2. The van der Waals surface area contributed by atoms with Crippen LogP contribution in [0.2, 0.25) is 5.02 Å². The Morgan fingerprint density at radius 3 is 2.58 bits per heavy atom. The van der Waals surface area contributed by atoms with Gasteiger partial charge in [0.25, 0.3) is 0 Å². The molecule has 5 atom stereocenters. The average molecular weight is 727 g/mol. The van der Waals surface area contributed by atoms with Crippen molar-refractivity contribution in [2.45, 2.75) is 65.3 Å². The number of hydrogen-bond donors (Lipinski definition) is 4. The number of piperazine rings is 1. The second kappa shape index (κ2) is 18.1. The van der Waals surface area contributed by atoms with Crippen LogP contribution < -0.4 is 26.2 Å². The predicted octanol–water partition coefficient (Wildman–Crippen LogP) is 7.73. The Hall–Kier alpha value is -4.15. The molecular weight excluding hydrogens is 672 g/mol. The van der Waals surface area contributed by atoms with Crippen LogP contribution in [0.4, 0.5) is 28.8 Å². The maximum atomic E-state index is 12.8. The number of rotatable bonds is 15. The van der Waals surface area contributed by atoms with Gasteiger partial charge in [0.2, 0.25) is 17.8 Å². The number of benzene rings is 2. The molecule has 2 aromatic carbocycles. The Kier molecular flexibility index (Phi) is 13.1. The highest BCUT2D eigenvalue weighted by molar-refractivity contribution is 6.32. The van der Waals surface area contributed by atoms with Crippen LogP contribution >= 0.6 is 11.6 Å². The zero-order chi connectivity index (χ0) is 36.5. The van der Waals surface area contributed by atoms with Gasteiger partial charge in [-0.15, -0.1) is 0 Å². The van der Waals surface area contributed by atoms with E-state index in [1.807, 2.05) is 36.4 Å². The SMILES string of the molecule is C=CC(=O)Nc1cccc(CNc2nc(Nc3ccc(N4CCN(CCCCNC(=O)CC5[C@H]6C[C@H](C)C[C@H](C6)C[C@@H]5C)CC4)cc3)ncc2Cl)c1. The van der Waals surface area contributed by atoms with Gasteiger partial charge >= 0.3 is 0 Å². The van der Waals surface area contributed by atoms with Crippen molar-refractivity contribution in [3.8, 4) is 0 Å². The van der Waals surface area contributed by atoms with Crippen molar-refractivity contribution in [1.82, 2.24) is 20.2 Å². The summed E-state index contributed by atoms with van der Waals surface area (Å²) in [5, 5.41) is 13.0. The third-order valence-corrected chi connectivity index (χ3v) is 11.5. The molecule has 2 amide bonds. The lowest BCUT2D eigenvalue weighted by Crippen LogP contribution is -2.46. The van der Waals surface area contributed by atoms with Crippen LogP contribution in [-0.2, 0) is 16.1 Å². The third kappa shape index (κ3) is 10.5. The van der Waals surface area contributed by atoms with E-state index in [-0.39, 0.29) is 11.8 Å².